The van der Waals surface area contributed by atoms with Crippen LogP contribution in [-0.2, 0) is 38.1 Å². The van der Waals surface area contributed by atoms with Crippen LogP contribution in [0.3, 0.4) is 0 Å². The van der Waals surface area contributed by atoms with Crippen molar-refractivity contribution in [1.82, 2.24) is 0 Å². The van der Waals surface area contributed by atoms with Gasteiger partial charge in [0.15, 0.2) is 11.5 Å². The van der Waals surface area contributed by atoms with Crippen molar-refractivity contribution in [3.05, 3.63) is 36.4 Å². The summed E-state index contributed by atoms with van der Waals surface area (Å²) in [4.78, 5) is 45.2. The maximum atomic E-state index is 11.8. The second-order valence-electron chi connectivity index (χ2n) is 12.3. The molecule has 22 heteroatoms. The third-order valence-electron chi connectivity index (χ3n) is 8.27. The third-order valence-corrected chi connectivity index (χ3v) is 8.27. The van der Waals surface area contributed by atoms with Gasteiger partial charge in [-0.1, -0.05) is 0 Å². The Bertz CT molecular complexity index is 1920. The van der Waals surface area contributed by atoms with E-state index in [-0.39, 0.29) is 33.8 Å². The Labute approximate surface area is 307 Å². The van der Waals surface area contributed by atoms with Crippen molar-refractivity contribution in [3.63, 3.8) is 0 Å². The molecule has 2 aromatic carbocycles. The number of aliphatic hydroxyl groups excluding tert-OH is 6. The molecule has 0 amide bonds. The highest BCUT2D eigenvalue weighted by atomic mass is 16.7. The van der Waals surface area contributed by atoms with E-state index in [1.807, 2.05) is 0 Å². The maximum absolute atomic E-state index is 11.8. The third kappa shape index (κ3) is 9.38. The standard InChI is InChI=1S/C33H34O22/c34-12-4-16-13(17(5-12)52-32-29(47)27(45)25(43)19(54-32)9-49-23(41)7-21(37)38)6-18(31(51-16)11-1-2-14(35)15(36)3-11)53-33-30(48)28(46)26(44)20(55-33)10-50-24(42)8-22(39)40/h1-6,19-20,25-30,32-33,43-48H,7-10H2,(H4-,34,35,36,37,38,39,40)/p+1/t19?,20?,25-,26-,27+,28?,29?,30?,32-,33-/m1/s1. The van der Waals surface area contributed by atoms with Crippen molar-refractivity contribution < 1.29 is 108 Å². The van der Waals surface area contributed by atoms with Crippen LogP contribution >= 0.6 is 0 Å². The number of rotatable bonds is 13. The van der Waals surface area contributed by atoms with E-state index in [1.165, 1.54) is 6.07 Å². The zero-order chi connectivity index (χ0) is 40.3. The van der Waals surface area contributed by atoms with Gasteiger partial charge in [-0.25, -0.2) is 4.42 Å². The summed E-state index contributed by atoms with van der Waals surface area (Å²) in [5, 5.41) is 112. The van der Waals surface area contributed by atoms with Gasteiger partial charge in [-0.15, -0.1) is 0 Å². The van der Waals surface area contributed by atoms with Crippen molar-refractivity contribution in [2.24, 2.45) is 0 Å². The number of carbonyl (C=O) groups is 4. The smallest absolute Gasteiger partial charge is 0.402 e. The molecule has 10 atom stereocenters. The fraction of sp³-hybridized carbons (Fsp3) is 0.424. The summed E-state index contributed by atoms with van der Waals surface area (Å²) in [5.41, 5.74) is -0.190. The predicted octanol–water partition coefficient (Wildman–Crippen LogP) is -2.09. The Morgan fingerprint density at radius 3 is 1.62 bits per heavy atom. The number of aliphatic carboxylic acids is 2. The molecule has 3 heterocycles. The minimum absolute atomic E-state index is 0.00600. The van der Waals surface area contributed by atoms with E-state index >= 15 is 0 Å². The van der Waals surface area contributed by atoms with Crippen LogP contribution in [0.25, 0.3) is 22.3 Å². The van der Waals surface area contributed by atoms with E-state index in [9.17, 15) is 65.1 Å². The van der Waals surface area contributed by atoms with Crippen LogP contribution in [0.15, 0.2) is 40.8 Å². The van der Waals surface area contributed by atoms with Gasteiger partial charge in [0, 0.05) is 18.2 Å². The predicted molar refractivity (Wildman–Crippen MR) is 172 cm³/mol. The molecule has 2 saturated heterocycles. The Balaban J connectivity index is 1.51. The van der Waals surface area contributed by atoms with Gasteiger partial charge in [0.25, 0.3) is 0 Å². The van der Waals surface area contributed by atoms with Gasteiger partial charge in [0.1, 0.15) is 91.8 Å². The molecule has 0 radical (unpaired) electrons. The zero-order valence-electron chi connectivity index (χ0n) is 28.0. The molecule has 1 aromatic heterocycles. The number of carboxylic acid groups (broad SMARTS) is 2. The highest BCUT2D eigenvalue weighted by Crippen LogP contribution is 2.43. The van der Waals surface area contributed by atoms with E-state index in [4.69, 9.17) is 43.1 Å². The molecule has 0 saturated carbocycles. The highest BCUT2D eigenvalue weighted by Gasteiger charge is 2.48. The van der Waals surface area contributed by atoms with Gasteiger partial charge in [-0.2, -0.15) is 0 Å². The van der Waals surface area contributed by atoms with Crippen LogP contribution in [0.1, 0.15) is 12.8 Å². The van der Waals surface area contributed by atoms with Crippen LogP contribution in [0.5, 0.6) is 28.7 Å². The molecular formula is C33H35O22+. The lowest BCUT2D eigenvalue weighted by Crippen LogP contribution is -2.60. The van der Waals surface area contributed by atoms with Gasteiger partial charge in [-0.3, -0.25) is 19.2 Å². The number of phenolic OH excluding ortho intramolecular Hbond substituents is 3. The molecule has 2 fully saturated rings. The highest BCUT2D eigenvalue weighted by molar-refractivity contribution is 5.91. The van der Waals surface area contributed by atoms with Crippen molar-refractivity contribution in [2.45, 2.75) is 74.3 Å². The summed E-state index contributed by atoms with van der Waals surface area (Å²) in [6, 6.07) is 6.62. The number of carboxylic acids is 2. The molecule has 55 heavy (non-hydrogen) atoms. The number of hydrogen-bond acceptors (Lipinski definition) is 19. The molecule has 298 valence electrons. The van der Waals surface area contributed by atoms with Gasteiger partial charge in [0.05, 0.1) is 11.6 Å². The molecule has 0 aliphatic carbocycles. The van der Waals surface area contributed by atoms with Crippen LogP contribution in [-0.4, -0.2) is 155 Å². The Kier molecular flexibility index (Phi) is 12.4. The van der Waals surface area contributed by atoms with Gasteiger partial charge < -0.3 is 84.6 Å². The van der Waals surface area contributed by atoms with Gasteiger partial charge >= 0.3 is 35.2 Å². The van der Waals surface area contributed by atoms with Gasteiger partial charge in [-0.05, 0) is 12.1 Å². The number of fused-ring (bicyclic) bond motifs is 1. The summed E-state index contributed by atoms with van der Waals surface area (Å²) in [5.74, 6) is -8.10. The molecule has 11 N–H and O–H groups in total. The fourth-order valence-electron chi connectivity index (χ4n) is 5.47. The first-order chi connectivity index (χ1) is 25.9. The van der Waals surface area contributed by atoms with Crippen LogP contribution in [0, 0.1) is 0 Å². The van der Waals surface area contributed by atoms with E-state index in [0.717, 1.165) is 30.3 Å². The van der Waals surface area contributed by atoms with E-state index in [1.54, 1.807) is 0 Å². The monoisotopic (exact) mass is 783 g/mol. The lowest BCUT2D eigenvalue weighted by Gasteiger charge is -2.40. The quantitative estimate of drug-likeness (QED) is 0.0383. The number of phenols is 3. The van der Waals surface area contributed by atoms with Crippen molar-refractivity contribution in [3.8, 4) is 40.1 Å². The maximum Gasteiger partial charge on any atom is 0.402 e. The normalized spacial score (nSPS) is 27.9. The molecule has 5 rings (SSSR count). The van der Waals surface area contributed by atoms with Crippen LogP contribution in [0.2, 0.25) is 0 Å². The second-order valence-corrected chi connectivity index (χ2v) is 12.3. The summed E-state index contributed by atoms with van der Waals surface area (Å²) < 4.78 is 38.4. The minimum atomic E-state index is -2.01. The number of hydrogen-bond donors (Lipinski definition) is 11. The first kappa shape index (κ1) is 40.6. The van der Waals surface area contributed by atoms with Crippen molar-refractivity contribution in [1.29, 1.82) is 0 Å². The number of aliphatic hydroxyl groups is 6. The van der Waals surface area contributed by atoms with E-state index in [2.05, 4.69) is 0 Å². The van der Waals surface area contributed by atoms with Gasteiger partial charge in [0.2, 0.25) is 18.3 Å². The average Bonchev–Trinajstić information content (AvgIpc) is 3.11. The second kappa shape index (κ2) is 16.8. The Morgan fingerprint density at radius 2 is 1.13 bits per heavy atom. The summed E-state index contributed by atoms with van der Waals surface area (Å²) in [7, 11) is 0. The average molecular weight is 784 g/mol. The van der Waals surface area contributed by atoms with Crippen LogP contribution in [0.4, 0.5) is 0 Å². The number of esters is 2. The fourth-order valence-corrected chi connectivity index (χ4v) is 5.47. The topological polar surface area (TPSA) is 357 Å². The molecule has 2 aliphatic rings. The van der Waals surface area contributed by atoms with Crippen molar-refractivity contribution in [2.75, 3.05) is 13.2 Å². The molecule has 0 spiro atoms. The minimum Gasteiger partial charge on any atom is -0.507 e. The summed E-state index contributed by atoms with van der Waals surface area (Å²) >= 11 is 0. The summed E-state index contributed by atoms with van der Waals surface area (Å²) in [6.07, 6.45) is -20.6. The lowest BCUT2D eigenvalue weighted by atomic mass is 9.99. The lowest BCUT2D eigenvalue weighted by molar-refractivity contribution is -0.278. The first-order valence-corrected chi connectivity index (χ1v) is 16.1. The molecule has 22 nitrogen and oxygen atoms in total. The van der Waals surface area contributed by atoms with Crippen molar-refractivity contribution >= 4 is 34.8 Å². The molecule has 2 aliphatic heterocycles. The van der Waals surface area contributed by atoms with E-state index in [0.29, 0.717) is 0 Å². The van der Waals surface area contributed by atoms with E-state index < -0.39 is 129 Å². The van der Waals surface area contributed by atoms with Crippen LogP contribution < -0.4 is 9.47 Å². The number of carbonyl (C=O) groups excluding carboxylic acids is 2. The molecule has 3 aromatic rings. The summed E-state index contributed by atoms with van der Waals surface area (Å²) in [6.45, 7) is -1.57. The first-order valence-electron chi connectivity index (χ1n) is 16.1. The zero-order valence-corrected chi connectivity index (χ0v) is 28.0. The molecule has 0 bridgehead atoms. The largest absolute Gasteiger partial charge is 0.507 e. The molecular weight excluding hydrogens is 748 g/mol. The number of aromatic hydroxyl groups is 3. The Morgan fingerprint density at radius 1 is 0.618 bits per heavy atom. The Hall–Kier alpha value is -5.59. The number of benzene rings is 2. The number of ether oxygens (including phenoxy) is 6. The SMILES string of the molecule is O=C(O)CC(=O)OCC1O[C@@H](Oc2cc3c(O[C@@H]4OC(COC(=O)CC(=O)O)[C@@H](O)[C@H](O)C4O)cc(O)cc3[o+]c2-c2ccc(O)c(O)c2)C(O)C(O)[C@@H]1O. The molecule has 5 unspecified atom stereocenters.